The molecule has 0 saturated heterocycles. The van der Waals surface area contributed by atoms with E-state index in [1.807, 2.05) is 0 Å². The minimum absolute atomic E-state index is 0.202. The van der Waals surface area contributed by atoms with Crippen LogP contribution in [0.15, 0.2) is 109 Å². The third-order valence-electron chi connectivity index (χ3n) is 10.9. The maximum atomic E-state index is 2.61. The predicted molar refractivity (Wildman–Crippen MR) is 197 cm³/mol. The molecule has 10 rings (SSSR count). The zero-order valence-electron chi connectivity index (χ0n) is 26.8. The topological polar surface area (TPSA) is 9.34 Å². The summed E-state index contributed by atoms with van der Waals surface area (Å²) in [4.78, 5) is 0. The standard InChI is InChI=1S/C44H36N2/c1-25(2)27-13-15-29-21-42-36(19-31(29)17-27)38-23-33(45-40-11-7-5-9-34(40)35-10-6-8-12-41(35)45)24-39-37-20-32-18-28(26(3)4)14-16-30(32)22-43(37)46(42)44(38)39/h5-23,25-26,33H,24H2,1-4H3. The van der Waals surface area contributed by atoms with E-state index in [0.29, 0.717) is 11.8 Å². The number of hydrogen-bond acceptors (Lipinski definition) is 0. The first-order chi connectivity index (χ1) is 22.4. The third kappa shape index (κ3) is 3.47. The van der Waals surface area contributed by atoms with Gasteiger partial charge in [0.2, 0.25) is 0 Å². The van der Waals surface area contributed by atoms with Gasteiger partial charge in [0.15, 0.2) is 0 Å². The lowest BCUT2D eigenvalue weighted by atomic mass is 9.93. The molecule has 2 nitrogen and oxygen atoms in total. The fourth-order valence-electron chi connectivity index (χ4n) is 8.51. The van der Waals surface area contributed by atoms with E-state index in [-0.39, 0.29) is 6.04 Å². The van der Waals surface area contributed by atoms with E-state index >= 15 is 0 Å². The zero-order valence-corrected chi connectivity index (χ0v) is 26.8. The van der Waals surface area contributed by atoms with Crippen molar-refractivity contribution >= 4 is 76.7 Å². The van der Waals surface area contributed by atoms with Crippen LogP contribution in [-0.4, -0.2) is 8.97 Å². The highest BCUT2D eigenvalue weighted by molar-refractivity contribution is 6.11. The molecule has 9 aromatic rings. The Morgan fingerprint density at radius 1 is 0.522 bits per heavy atom. The zero-order chi connectivity index (χ0) is 30.8. The van der Waals surface area contributed by atoms with Crippen molar-refractivity contribution in [1.82, 2.24) is 8.97 Å². The molecule has 1 aliphatic carbocycles. The fourth-order valence-corrected chi connectivity index (χ4v) is 8.51. The molecule has 3 heterocycles. The second kappa shape index (κ2) is 9.23. The Labute approximate surface area is 268 Å². The summed E-state index contributed by atoms with van der Waals surface area (Å²) in [5.41, 5.74) is 10.9. The molecular weight excluding hydrogens is 556 g/mol. The van der Waals surface area contributed by atoms with E-state index < -0.39 is 0 Å². The Balaban J connectivity index is 1.35. The van der Waals surface area contributed by atoms with E-state index in [9.17, 15) is 0 Å². The van der Waals surface area contributed by atoms with Gasteiger partial charge in [-0.05, 0) is 92.9 Å². The lowest BCUT2D eigenvalue weighted by molar-refractivity contribution is 0.671. The van der Waals surface area contributed by atoms with Crippen molar-refractivity contribution in [2.45, 2.75) is 52.0 Å². The summed E-state index contributed by atoms with van der Waals surface area (Å²) in [5.74, 6) is 1.00. The third-order valence-corrected chi connectivity index (χ3v) is 10.9. The van der Waals surface area contributed by atoms with Gasteiger partial charge in [-0.15, -0.1) is 0 Å². The van der Waals surface area contributed by atoms with Gasteiger partial charge in [-0.1, -0.05) is 107 Å². The maximum absolute atomic E-state index is 2.61. The average Bonchev–Trinajstić information content (AvgIpc) is 3.69. The number of para-hydroxylation sites is 2. The predicted octanol–water partition coefficient (Wildman–Crippen LogP) is 11.2. The molecule has 0 saturated carbocycles. The Kier molecular flexibility index (Phi) is 5.25. The summed E-state index contributed by atoms with van der Waals surface area (Å²) < 4.78 is 5.19. The van der Waals surface area contributed by atoms with E-state index in [1.165, 1.54) is 92.6 Å². The molecule has 1 aliphatic rings. The van der Waals surface area contributed by atoms with Crippen LogP contribution in [0.1, 0.15) is 62.3 Å². The molecular formula is C44H36N2. The van der Waals surface area contributed by atoms with Gasteiger partial charge in [-0.25, -0.2) is 0 Å². The number of nitrogens with zero attached hydrogens (tertiary/aromatic N) is 2. The number of hydrogen-bond donors (Lipinski definition) is 0. The summed E-state index contributed by atoms with van der Waals surface area (Å²) in [7, 11) is 0. The Bertz CT molecular complexity index is 2730. The van der Waals surface area contributed by atoms with Crippen LogP contribution >= 0.6 is 0 Å². The van der Waals surface area contributed by atoms with Gasteiger partial charge in [-0.3, -0.25) is 0 Å². The molecule has 1 atom stereocenters. The number of benzene rings is 6. The van der Waals surface area contributed by atoms with E-state index in [2.05, 4.69) is 152 Å². The molecule has 1 unspecified atom stereocenters. The van der Waals surface area contributed by atoms with Crippen LogP contribution in [-0.2, 0) is 6.42 Å². The van der Waals surface area contributed by atoms with Gasteiger partial charge in [0, 0.05) is 37.8 Å². The molecule has 0 bridgehead atoms. The second-order valence-corrected chi connectivity index (χ2v) is 14.2. The summed E-state index contributed by atoms with van der Waals surface area (Å²) in [6.07, 6.45) is 3.54. The molecule has 2 heteroatoms. The van der Waals surface area contributed by atoms with Crippen molar-refractivity contribution < 1.29 is 0 Å². The Morgan fingerprint density at radius 3 is 1.65 bits per heavy atom. The van der Waals surface area contributed by atoms with Gasteiger partial charge < -0.3 is 8.97 Å². The van der Waals surface area contributed by atoms with Crippen LogP contribution in [0.2, 0.25) is 0 Å². The van der Waals surface area contributed by atoms with Gasteiger partial charge in [-0.2, -0.15) is 0 Å². The minimum Gasteiger partial charge on any atom is -0.333 e. The van der Waals surface area contributed by atoms with Crippen LogP contribution in [0, 0.1) is 0 Å². The van der Waals surface area contributed by atoms with Crippen molar-refractivity contribution in [2.75, 3.05) is 0 Å². The highest BCUT2D eigenvalue weighted by atomic mass is 15.0. The van der Waals surface area contributed by atoms with E-state index in [0.717, 1.165) is 6.42 Å². The summed E-state index contributed by atoms with van der Waals surface area (Å²) in [5, 5.41) is 12.1. The molecule has 222 valence electrons. The molecule has 0 amide bonds. The molecule has 3 aromatic heterocycles. The minimum atomic E-state index is 0.202. The van der Waals surface area contributed by atoms with Gasteiger partial charge in [0.1, 0.15) is 0 Å². The second-order valence-electron chi connectivity index (χ2n) is 14.2. The van der Waals surface area contributed by atoms with E-state index in [1.54, 1.807) is 0 Å². The van der Waals surface area contributed by atoms with Crippen molar-refractivity contribution in [1.29, 1.82) is 0 Å². The smallest absolute Gasteiger partial charge is 0.0578 e. The number of rotatable bonds is 3. The van der Waals surface area contributed by atoms with Crippen LogP contribution in [0.5, 0.6) is 0 Å². The molecule has 0 radical (unpaired) electrons. The SMILES string of the molecule is CC(C)c1ccc2cc3c(cc2c1)c1c2c(c4cc5cc(C(C)C)ccc5cc4n23)=CC(n2c3ccccc3c3ccccc32)C1. The summed E-state index contributed by atoms with van der Waals surface area (Å²) >= 11 is 0. The normalized spacial score (nSPS) is 15.2. The Hall–Kier alpha value is -5.08. The quantitative estimate of drug-likeness (QED) is 0.193. The lowest BCUT2D eigenvalue weighted by Crippen LogP contribution is -2.18. The summed E-state index contributed by atoms with van der Waals surface area (Å²) in [6.45, 7) is 9.14. The van der Waals surface area contributed by atoms with Crippen molar-refractivity contribution in [2.24, 2.45) is 0 Å². The molecule has 0 spiro atoms. The lowest BCUT2D eigenvalue weighted by Gasteiger charge is -2.21. The maximum Gasteiger partial charge on any atom is 0.0578 e. The monoisotopic (exact) mass is 592 g/mol. The highest BCUT2D eigenvalue weighted by Gasteiger charge is 2.27. The first kappa shape index (κ1) is 26.2. The molecule has 0 N–H and O–H groups in total. The average molecular weight is 593 g/mol. The van der Waals surface area contributed by atoms with Crippen LogP contribution < -0.4 is 5.22 Å². The fraction of sp³-hybridized carbons (Fsp3) is 0.182. The van der Waals surface area contributed by atoms with Crippen molar-refractivity contribution in [3.8, 4) is 0 Å². The van der Waals surface area contributed by atoms with Gasteiger partial charge >= 0.3 is 0 Å². The van der Waals surface area contributed by atoms with Crippen molar-refractivity contribution in [3.05, 3.63) is 131 Å². The van der Waals surface area contributed by atoms with Crippen molar-refractivity contribution in [3.63, 3.8) is 0 Å². The molecule has 46 heavy (non-hydrogen) atoms. The van der Waals surface area contributed by atoms with Crippen LogP contribution in [0.4, 0.5) is 0 Å². The number of fused-ring (bicyclic) bond motifs is 11. The first-order valence-electron chi connectivity index (χ1n) is 16.8. The van der Waals surface area contributed by atoms with Gasteiger partial charge in [0.05, 0.1) is 22.6 Å². The summed E-state index contributed by atoms with van der Waals surface area (Å²) in [6, 6.07) is 42.0. The number of aromatic nitrogens is 2. The molecule has 0 fully saturated rings. The van der Waals surface area contributed by atoms with Crippen LogP contribution in [0.3, 0.4) is 0 Å². The first-order valence-corrected chi connectivity index (χ1v) is 16.8. The van der Waals surface area contributed by atoms with Crippen LogP contribution in [0.25, 0.3) is 76.7 Å². The Morgan fingerprint density at radius 2 is 1.07 bits per heavy atom. The van der Waals surface area contributed by atoms with E-state index in [4.69, 9.17) is 0 Å². The molecule has 6 aromatic carbocycles. The highest BCUT2D eigenvalue weighted by Crippen LogP contribution is 2.41. The molecule has 0 aliphatic heterocycles. The van der Waals surface area contributed by atoms with Gasteiger partial charge in [0.25, 0.3) is 0 Å². The largest absolute Gasteiger partial charge is 0.333 e.